The lowest BCUT2D eigenvalue weighted by atomic mass is 10.2. The van der Waals surface area contributed by atoms with Crippen molar-refractivity contribution in [2.24, 2.45) is 0 Å². The standard InChI is InChI=1S/C23H15F2N7O4/c24-12-1-4-14(5-2-12)31-22(34)15(11-27-23(31)35)21(33)29-13-3-6-17(16(25)9-13)36-20-10-18(26)30-19-7-8-28-32(19)20/h1-11H,(H2,26,30)(H,27,35)(H,29,33). The lowest BCUT2D eigenvalue weighted by Crippen LogP contribution is -2.38. The van der Waals surface area contributed by atoms with E-state index in [1.165, 1.54) is 41.0 Å². The number of nitrogen functional groups attached to an aromatic ring is 1. The Hall–Kier alpha value is -5.33. The van der Waals surface area contributed by atoms with Gasteiger partial charge in [0.2, 0.25) is 5.88 Å². The fourth-order valence-electron chi connectivity index (χ4n) is 3.41. The van der Waals surface area contributed by atoms with E-state index >= 15 is 0 Å². The van der Waals surface area contributed by atoms with Crippen LogP contribution in [0.25, 0.3) is 11.3 Å². The summed E-state index contributed by atoms with van der Waals surface area (Å²) in [6, 6.07) is 11.1. The van der Waals surface area contributed by atoms with Gasteiger partial charge in [0, 0.05) is 30.1 Å². The Labute approximate surface area is 199 Å². The summed E-state index contributed by atoms with van der Waals surface area (Å²) in [5.41, 5.74) is 4.04. The highest BCUT2D eigenvalue weighted by Gasteiger charge is 2.17. The normalized spacial score (nSPS) is 10.9. The van der Waals surface area contributed by atoms with Crippen LogP contribution in [-0.2, 0) is 0 Å². The van der Waals surface area contributed by atoms with Crippen LogP contribution in [0.15, 0.2) is 76.6 Å². The van der Waals surface area contributed by atoms with E-state index in [1.807, 2.05) is 0 Å². The van der Waals surface area contributed by atoms with Crippen molar-refractivity contribution in [2.45, 2.75) is 0 Å². The van der Waals surface area contributed by atoms with Gasteiger partial charge in [0.25, 0.3) is 11.5 Å². The van der Waals surface area contributed by atoms with Gasteiger partial charge < -0.3 is 20.8 Å². The number of fused-ring (bicyclic) bond motifs is 1. The van der Waals surface area contributed by atoms with E-state index in [1.54, 1.807) is 6.07 Å². The van der Waals surface area contributed by atoms with Crippen molar-refractivity contribution in [2.75, 3.05) is 11.1 Å². The molecule has 0 saturated heterocycles. The predicted octanol–water partition coefficient (Wildman–Crippen LogP) is 2.47. The minimum Gasteiger partial charge on any atom is -0.436 e. The number of anilines is 2. The predicted molar refractivity (Wildman–Crippen MR) is 124 cm³/mol. The van der Waals surface area contributed by atoms with Crippen molar-refractivity contribution in [3.05, 3.63) is 105 Å². The monoisotopic (exact) mass is 491 g/mol. The van der Waals surface area contributed by atoms with E-state index < -0.39 is 34.4 Å². The number of benzene rings is 2. The Bertz CT molecular complexity index is 1740. The second-order valence-electron chi connectivity index (χ2n) is 7.45. The molecule has 2 aromatic carbocycles. The van der Waals surface area contributed by atoms with Crippen LogP contribution < -0.4 is 27.0 Å². The van der Waals surface area contributed by atoms with Crippen LogP contribution in [0.5, 0.6) is 11.6 Å². The van der Waals surface area contributed by atoms with Gasteiger partial charge in [-0.2, -0.15) is 9.61 Å². The summed E-state index contributed by atoms with van der Waals surface area (Å²) in [4.78, 5) is 44.1. The Balaban J connectivity index is 1.40. The molecular weight excluding hydrogens is 476 g/mol. The number of rotatable bonds is 5. The number of ether oxygens (including phenoxy) is 1. The summed E-state index contributed by atoms with van der Waals surface area (Å²) in [5.74, 6) is -2.21. The molecule has 5 rings (SSSR count). The van der Waals surface area contributed by atoms with Gasteiger partial charge in [-0.3, -0.25) is 9.59 Å². The molecule has 0 fully saturated rings. The first-order chi connectivity index (χ1) is 17.3. The van der Waals surface area contributed by atoms with Crippen LogP contribution in [0, 0.1) is 11.6 Å². The molecule has 0 spiro atoms. The molecule has 5 aromatic rings. The molecule has 0 radical (unpaired) electrons. The summed E-state index contributed by atoms with van der Waals surface area (Å²) in [5, 5.41) is 6.44. The highest BCUT2D eigenvalue weighted by atomic mass is 19.1. The van der Waals surface area contributed by atoms with Gasteiger partial charge in [0.15, 0.2) is 17.2 Å². The highest BCUT2D eigenvalue weighted by molar-refractivity contribution is 6.03. The molecule has 4 N–H and O–H groups in total. The van der Waals surface area contributed by atoms with Crippen LogP contribution in [-0.4, -0.2) is 30.1 Å². The zero-order chi connectivity index (χ0) is 25.4. The molecular formula is C23H15F2N7O4. The number of aromatic amines is 1. The zero-order valence-corrected chi connectivity index (χ0v) is 18.1. The van der Waals surface area contributed by atoms with Crippen LogP contribution in [0.4, 0.5) is 20.3 Å². The van der Waals surface area contributed by atoms with Crippen molar-refractivity contribution in [1.82, 2.24) is 24.1 Å². The van der Waals surface area contributed by atoms with Crippen LogP contribution in [0.3, 0.4) is 0 Å². The first-order valence-corrected chi connectivity index (χ1v) is 10.3. The number of nitrogens with two attached hydrogens (primary N) is 1. The molecule has 0 saturated carbocycles. The topological polar surface area (TPSA) is 149 Å². The fraction of sp³-hybridized carbons (Fsp3) is 0. The van der Waals surface area contributed by atoms with Crippen molar-refractivity contribution in [3.63, 3.8) is 0 Å². The van der Waals surface area contributed by atoms with Gasteiger partial charge in [-0.25, -0.2) is 23.1 Å². The largest absolute Gasteiger partial charge is 0.436 e. The molecule has 1 amide bonds. The number of hydrogen-bond donors (Lipinski definition) is 3. The Morgan fingerprint density at radius 1 is 1.06 bits per heavy atom. The molecule has 3 aromatic heterocycles. The summed E-state index contributed by atoms with van der Waals surface area (Å²) in [7, 11) is 0. The SMILES string of the molecule is Nc1cc(Oc2ccc(NC(=O)c3c[nH]c(=O)n(-c4ccc(F)cc4)c3=O)cc2F)n2nccc2n1. The van der Waals surface area contributed by atoms with Gasteiger partial charge in [-0.05, 0) is 36.4 Å². The van der Waals surface area contributed by atoms with Crippen LogP contribution in [0.2, 0.25) is 0 Å². The first-order valence-electron chi connectivity index (χ1n) is 10.3. The quantitative estimate of drug-likeness (QED) is 0.342. The van der Waals surface area contributed by atoms with Crippen molar-refractivity contribution in [1.29, 1.82) is 0 Å². The number of nitrogens with zero attached hydrogens (tertiary/aromatic N) is 4. The Kier molecular flexibility index (Phi) is 5.49. The highest BCUT2D eigenvalue weighted by Crippen LogP contribution is 2.28. The van der Waals surface area contributed by atoms with E-state index in [-0.39, 0.29) is 28.8 Å². The van der Waals surface area contributed by atoms with Crippen molar-refractivity contribution in [3.8, 4) is 17.3 Å². The lowest BCUT2D eigenvalue weighted by molar-refractivity contribution is 0.102. The molecule has 0 unspecified atom stereocenters. The minimum atomic E-state index is -0.943. The second-order valence-corrected chi connectivity index (χ2v) is 7.45. The average Bonchev–Trinajstić information content (AvgIpc) is 3.30. The van der Waals surface area contributed by atoms with E-state index in [9.17, 15) is 23.2 Å². The molecule has 11 nitrogen and oxygen atoms in total. The summed E-state index contributed by atoms with van der Waals surface area (Å²) in [6.07, 6.45) is 2.42. The number of nitrogens with one attached hydrogen (secondary N) is 2. The van der Waals surface area contributed by atoms with E-state index in [0.717, 1.165) is 24.4 Å². The number of hydrogen-bond acceptors (Lipinski definition) is 7. The van der Waals surface area contributed by atoms with Gasteiger partial charge in [0.1, 0.15) is 17.2 Å². The van der Waals surface area contributed by atoms with Crippen LogP contribution in [0.1, 0.15) is 10.4 Å². The average molecular weight is 491 g/mol. The maximum Gasteiger partial charge on any atom is 0.333 e. The van der Waals surface area contributed by atoms with E-state index in [4.69, 9.17) is 10.5 Å². The molecule has 0 bridgehead atoms. The van der Waals surface area contributed by atoms with Gasteiger partial charge in [-0.1, -0.05) is 0 Å². The molecule has 180 valence electrons. The molecule has 0 aliphatic carbocycles. The maximum atomic E-state index is 14.8. The van der Waals surface area contributed by atoms with Crippen molar-refractivity contribution < 1.29 is 18.3 Å². The number of carbonyl (C=O) groups excluding carboxylic acids is 1. The second kappa shape index (κ2) is 8.79. The molecule has 3 heterocycles. The molecule has 36 heavy (non-hydrogen) atoms. The molecule has 13 heteroatoms. The van der Waals surface area contributed by atoms with E-state index in [2.05, 4.69) is 20.4 Å². The third kappa shape index (κ3) is 4.16. The third-order valence-corrected chi connectivity index (χ3v) is 5.06. The summed E-state index contributed by atoms with van der Waals surface area (Å²) < 4.78 is 35.6. The summed E-state index contributed by atoms with van der Waals surface area (Å²) >= 11 is 0. The number of halogens is 2. The van der Waals surface area contributed by atoms with Gasteiger partial charge in [-0.15, -0.1) is 0 Å². The van der Waals surface area contributed by atoms with Crippen molar-refractivity contribution >= 4 is 23.1 Å². The number of aromatic nitrogens is 5. The van der Waals surface area contributed by atoms with Gasteiger partial charge >= 0.3 is 5.69 Å². The number of amides is 1. The Morgan fingerprint density at radius 3 is 2.58 bits per heavy atom. The van der Waals surface area contributed by atoms with Crippen LogP contribution >= 0.6 is 0 Å². The molecule has 0 aliphatic rings. The number of carbonyl (C=O) groups is 1. The van der Waals surface area contributed by atoms with Gasteiger partial charge in [0.05, 0.1) is 11.9 Å². The summed E-state index contributed by atoms with van der Waals surface area (Å²) in [6.45, 7) is 0. The lowest BCUT2D eigenvalue weighted by Gasteiger charge is -2.11. The fourth-order valence-corrected chi connectivity index (χ4v) is 3.41. The maximum absolute atomic E-state index is 14.8. The Morgan fingerprint density at radius 2 is 1.83 bits per heavy atom. The minimum absolute atomic E-state index is 0.0160. The number of H-pyrrole nitrogens is 1. The molecule has 0 aliphatic heterocycles. The first kappa shape index (κ1) is 22.5. The van der Waals surface area contributed by atoms with E-state index in [0.29, 0.717) is 10.2 Å². The molecule has 0 atom stereocenters. The zero-order valence-electron chi connectivity index (χ0n) is 18.1. The third-order valence-electron chi connectivity index (χ3n) is 5.06. The smallest absolute Gasteiger partial charge is 0.333 e.